The number of hydrogen-bond donors (Lipinski definition) is 4. The summed E-state index contributed by atoms with van der Waals surface area (Å²) < 4.78 is 0. The Bertz CT molecular complexity index is 829. The molecule has 6 nitrogen and oxygen atoms in total. The van der Waals surface area contributed by atoms with Crippen molar-refractivity contribution in [2.24, 2.45) is 0 Å². The molecule has 148 valence electrons. The predicted octanol–water partition coefficient (Wildman–Crippen LogP) is 3.42. The second kappa shape index (κ2) is 8.33. The third-order valence-electron chi connectivity index (χ3n) is 5.35. The van der Waals surface area contributed by atoms with Gasteiger partial charge in [0.15, 0.2) is 0 Å². The molecule has 1 atom stereocenters. The molecule has 0 spiro atoms. The fraction of sp³-hybridized carbons (Fsp3) is 0.364. The summed E-state index contributed by atoms with van der Waals surface area (Å²) in [5.74, 6) is -0.185. The van der Waals surface area contributed by atoms with Crippen molar-refractivity contribution in [1.29, 1.82) is 0 Å². The Morgan fingerprint density at radius 1 is 1.07 bits per heavy atom. The van der Waals surface area contributed by atoms with E-state index in [1.54, 1.807) is 0 Å². The van der Waals surface area contributed by atoms with E-state index in [0.717, 1.165) is 23.4 Å². The summed E-state index contributed by atoms with van der Waals surface area (Å²) in [6, 6.07) is 15.7. The van der Waals surface area contributed by atoms with E-state index in [4.69, 9.17) is 0 Å². The molecular formula is C22H28N4O2. The summed E-state index contributed by atoms with van der Waals surface area (Å²) in [7, 11) is 0. The predicted molar refractivity (Wildman–Crippen MR) is 112 cm³/mol. The van der Waals surface area contributed by atoms with E-state index in [1.807, 2.05) is 24.3 Å². The highest BCUT2D eigenvalue weighted by atomic mass is 16.2. The second-order valence-electron chi connectivity index (χ2n) is 7.76. The minimum atomic E-state index is -0.505. The number of carbonyl (C=O) groups is 2. The van der Waals surface area contributed by atoms with Crippen LogP contribution in [0.15, 0.2) is 48.5 Å². The van der Waals surface area contributed by atoms with Gasteiger partial charge in [0, 0.05) is 24.5 Å². The zero-order chi connectivity index (χ0) is 20.1. The van der Waals surface area contributed by atoms with Crippen molar-refractivity contribution < 1.29 is 9.59 Å². The van der Waals surface area contributed by atoms with Crippen LogP contribution < -0.4 is 21.3 Å². The lowest BCUT2D eigenvalue weighted by Gasteiger charge is -2.23. The highest BCUT2D eigenvalue weighted by molar-refractivity contribution is 5.90. The van der Waals surface area contributed by atoms with Gasteiger partial charge in [-0.15, -0.1) is 0 Å². The molecule has 1 aliphatic rings. The van der Waals surface area contributed by atoms with Gasteiger partial charge in [0.2, 0.25) is 5.91 Å². The third-order valence-corrected chi connectivity index (χ3v) is 5.35. The molecule has 0 unspecified atom stereocenters. The Kier molecular flexibility index (Phi) is 5.87. The standard InChI is InChI=1S/C22H28N4O2/c1-4-22(2,3)16-7-11-18(12-8-16)25-17-9-5-15(6-10-17)13-23-20(27)19-14-24-21(28)26-19/h5-12,19,25H,4,13-14H2,1-3H3,(H,23,27)(H2,24,26,28)/t19-/m1/s1. The SMILES string of the molecule is CCC(C)(C)c1ccc(Nc2ccc(CNC(=O)[C@H]3CNC(=O)N3)cc2)cc1. The highest BCUT2D eigenvalue weighted by Gasteiger charge is 2.26. The first-order valence-corrected chi connectivity index (χ1v) is 9.66. The molecule has 1 aliphatic heterocycles. The molecule has 0 radical (unpaired) electrons. The molecule has 4 N–H and O–H groups in total. The molecule has 6 heteroatoms. The number of anilines is 2. The smallest absolute Gasteiger partial charge is 0.315 e. The molecule has 0 bridgehead atoms. The zero-order valence-corrected chi connectivity index (χ0v) is 16.6. The minimum Gasteiger partial charge on any atom is -0.356 e. The number of nitrogens with one attached hydrogen (secondary N) is 4. The van der Waals surface area contributed by atoms with Gasteiger partial charge >= 0.3 is 6.03 Å². The van der Waals surface area contributed by atoms with Crippen LogP contribution in [0.4, 0.5) is 16.2 Å². The van der Waals surface area contributed by atoms with E-state index in [-0.39, 0.29) is 17.4 Å². The first kappa shape index (κ1) is 19.7. The number of carbonyl (C=O) groups excluding carboxylic acids is 2. The molecule has 3 rings (SSSR count). The van der Waals surface area contributed by atoms with Crippen molar-refractivity contribution in [2.45, 2.75) is 45.2 Å². The number of urea groups is 1. The average molecular weight is 380 g/mol. The van der Waals surface area contributed by atoms with Gasteiger partial charge in [-0.05, 0) is 47.2 Å². The fourth-order valence-corrected chi connectivity index (χ4v) is 3.01. The summed E-state index contributed by atoms with van der Waals surface area (Å²) in [6.07, 6.45) is 1.10. The van der Waals surface area contributed by atoms with Crippen LogP contribution in [0.2, 0.25) is 0 Å². The Hall–Kier alpha value is -3.02. The third kappa shape index (κ3) is 4.82. The molecular weight excluding hydrogens is 352 g/mol. The second-order valence-corrected chi connectivity index (χ2v) is 7.76. The fourth-order valence-electron chi connectivity index (χ4n) is 3.01. The quantitative estimate of drug-likeness (QED) is 0.594. The van der Waals surface area contributed by atoms with E-state index in [9.17, 15) is 9.59 Å². The average Bonchev–Trinajstić information content (AvgIpc) is 3.14. The normalized spacial score (nSPS) is 16.2. The molecule has 1 heterocycles. The number of rotatable bonds is 7. The molecule has 3 amide bonds. The van der Waals surface area contributed by atoms with Crippen molar-refractivity contribution in [3.63, 3.8) is 0 Å². The van der Waals surface area contributed by atoms with E-state index < -0.39 is 6.04 Å². The summed E-state index contributed by atoms with van der Waals surface area (Å²) in [5.41, 5.74) is 4.55. The van der Waals surface area contributed by atoms with Crippen LogP contribution in [0.3, 0.4) is 0 Å². The van der Waals surface area contributed by atoms with Crippen molar-refractivity contribution in [1.82, 2.24) is 16.0 Å². The highest BCUT2D eigenvalue weighted by Crippen LogP contribution is 2.28. The molecule has 2 aromatic carbocycles. The van der Waals surface area contributed by atoms with Crippen molar-refractivity contribution in [2.75, 3.05) is 11.9 Å². The maximum absolute atomic E-state index is 12.0. The Morgan fingerprint density at radius 3 is 2.21 bits per heavy atom. The largest absolute Gasteiger partial charge is 0.356 e. The summed E-state index contributed by atoms with van der Waals surface area (Å²) in [5, 5.41) is 11.4. The molecule has 0 saturated carbocycles. The lowest BCUT2D eigenvalue weighted by molar-refractivity contribution is -0.122. The molecule has 2 aromatic rings. The molecule has 0 aromatic heterocycles. The maximum atomic E-state index is 12.0. The first-order valence-electron chi connectivity index (χ1n) is 9.66. The van der Waals surface area contributed by atoms with Crippen LogP contribution in [0.1, 0.15) is 38.3 Å². The van der Waals surface area contributed by atoms with Crippen molar-refractivity contribution in [3.8, 4) is 0 Å². The minimum absolute atomic E-state index is 0.183. The van der Waals surface area contributed by atoms with E-state index in [0.29, 0.717) is 13.1 Å². The van der Waals surface area contributed by atoms with E-state index in [1.165, 1.54) is 5.56 Å². The van der Waals surface area contributed by atoms with Gasteiger partial charge in [-0.1, -0.05) is 45.0 Å². The van der Waals surface area contributed by atoms with Gasteiger partial charge < -0.3 is 21.3 Å². The number of amides is 3. The summed E-state index contributed by atoms with van der Waals surface area (Å²) in [4.78, 5) is 23.1. The zero-order valence-electron chi connectivity index (χ0n) is 16.6. The van der Waals surface area contributed by atoms with Crippen LogP contribution in [-0.4, -0.2) is 24.5 Å². The Labute approximate surface area is 166 Å². The lowest BCUT2D eigenvalue weighted by Crippen LogP contribution is -2.42. The summed E-state index contributed by atoms with van der Waals surface area (Å²) >= 11 is 0. The van der Waals surface area contributed by atoms with Crippen LogP contribution >= 0.6 is 0 Å². The van der Waals surface area contributed by atoms with Crippen LogP contribution in [0.25, 0.3) is 0 Å². The monoisotopic (exact) mass is 380 g/mol. The first-order chi connectivity index (χ1) is 13.4. The van der Waals surface area contributed by atoms with E-state index in [2.05, 4.69) is 66.3 Å². The molecule has 0 aliphatic carbocycles. The molecule has 1 fully saturated rings. The van der Waals surface area contributed by atoms with Gasteiger partial charge in [-0.3, -0.25) is 4.79 Å². The lowest BCUT2D eigenvalue weighted by atomic mass is 9.82. The summed E-state index contributed by atoms with van der Waals surface area (Å²) in [6.45, 7) is 7.46. The Morgan fingerprint density at radius 2 is 1.68 bits per heavy atom. The topological polar surface area (TPSA) is 82.3 Å². The van der Waals surface area contributed by atoms with Crippen LogP contribution in [-0.2, 0) is 16.8 Å². The van der Waals surface area contributed by atoms with Gasteiger partial charge in [0.1, 0.15) is 6.04 Å². The van der Waals surface area contributed by atoms with Crippen LogP contribution in [0, 0.1) is 0 Å². The number of benzene rings is 2. The maximum Gasteiger partial charge on any atom is 0.315 e. The van der Waals surface area contributed by atoms with Crippen molar-refractivity contribution >= 4 is 23.3 Å². The van der Waals surface area contributed by atoms with Gasteiger partial charge in [0.05, 0.1) is 0 Å². The molecule has 1 saturated heterocycles. The van der Waals surface area contributed by atoms with Crippen molar-refractivity contribution in [3.05, 3.63) is 59.7 Å². The van der Waals surface area contributed by atoms with Gasteiger partial charge in [-0.2, -0.15) is 0 Å². The van der Waals surface area contributed by atoms with E-state index >= 15 is 0 Å². The Balaban J connectivity index is 1.53. The molecule has 28 heavy (non-hydrogen) atoms. The van der Waals surface area contributed by atoms with Crippen LogP contribution in [0.5, 0.6) is 0 Å². The van der Waals surface area contributed by atoms with Gasteiger partial charge in [-0.25, -0.2) is 4.79 Å². The number of hydrogen-bond acceptors (Lipinski definition) is 3. The van der Waals surface area contributed by atoms with Gasteiger partial charge in [0.25, 0.3) is 0 Å².